The third kappa shape index (κ3) is 2.77. The number of hydrogen-bond donors (Lipinski definition) is 1. The predicted octanol–water partition coefficient (Wildman–Crippen LogP) is 2.76. The standard InChI is InChI=1S/C15H20BF3O3/c1-12(2)13(3,4)22-16(21-12)11-8-6-7-10(9-11)14(5,20)15(17,18)19/h6-9,20H,1-5H3. The van der Waals surface area contributed by atoms with Gasteiger partial charge in [-0.15, -0.1) is 0 Å². The van der Waals surface area contributed by atoms with Gasteiger partial charge in [-0.25, -0.2) is 0 Å². The van der Waals surface area contributed by atoms with E-state index in [4.69, 9.17) is 9.31 Å². The van der Waals surface area contributed by atoms with E-state index in [1.807, 2.05) is 27.7 Å². The Kier molecular flexibility index (Phi) is 3.92. The van der Waals surface area contributed by atoms with E-state index in [1.165, 1.54) is 18.2 Å². The second-order valence-electron chi connectivity index (χ2n) is 6.78. The highest BCUT2D eigenvalue weighted by Gasteiger charge is 2.53. The molecule has 1 fully saturated rings. The molecule has 3 nitrogen and oxygen atoms in total. The molecule has 0 radical (unpaired) electrons. The Bertz CT molecular complexity index is 551. The van der Waals surface area contributed by atoms with Crippen LogP contribution in [0.15, 0.2) is 24.3 Å². The van der Waals surface area contributed by atoms with Gasteiger partial charge < -0.3 is 14.4 Å². The van der Waals surface area contributed by atoms with Gasteiger partial charge in [-0.05, 0) is 45.6 Å². The molecule has 0 spiro atoms. The van der Waals surface area contributed by atoms with Crippen molar-refractivity contribution in [1.82, 2.24) is 0 Å². The third-order valence-electron chi connectivity index (χ3n) is 4.53. The van der Waals surface area contributed by atoms with Gasteiger partial charge in [0, 0.05) is 0 Å². The van der Waals surface area contributed by atoms with Crippen LogP contribution in [0.3, 0.4) is 0 Å². The Morgan fingerprint density at radius 2 is 1.55 bits per heavy atom. The zero-order chi connectivity index (χ0) is 17.0. The Hall–Kier alpha value is -1.05. The summed E-state index contributed by atoms with van der Waals surface area (Å²) in [7, 11) is -0.769. The van der Waals surface area contributed by atoms with Crippen molar-refractivity contribution in [2.24, 2.45) is 0 Å². The molecule has 1 heterocycles. The first-order valence-electron chi connectivity index (χ1n) is 7.03. The summed E-state index contributed by atoms with van der Waals surface area (Å²) in [6.45, 7) is 8.19. The average Bonchev–Trinajstić information content (AvgIpc) is 2.57. The van der Waals surface area contributed by atoms with E-state index in [1.54, 1.807) is 6.07 Å². The monoisotopic (exact) mass is 316 g/mol. The summed E-state index contributed by atoms with van der Waals surface area (Å²) < 4.78 is 50.5. The largest absolute Gasteiger partial charge is 0.494 e. The smallest absolute Gasteiger partial charge is 0.399 e. The van der Waals surface area contributed by atoms with E-state index in [9.17, 15) is 18.3 Å². The first-order valence-corrected chi connectivity index (χ1v) is 7.03. The normalized spacial score (nSPS) is 23.4. The lowest BCUT2D eigenvalue weighted by Crippen LogP contribution is -2.41. The molecule has 22 heavy (non-hydrogen) atoms. The van der Waals surface area contributed by atoms with Crippen LogP contribution in [0, 0.1) is 0 Å². The lowest BCUT2D eigenvalue weighted by atomic mass is 9.77. The Morgan fingerprint density at radius 1 is 1.05 bits per heavy atom. The molecule has 1 saturated heterocycles. The summed E-state index contributed by atoms with van der Waals surface area (Å²) in [5.41, 5.74) is -3.89. The molecule has 0 amide bonds. The first kappa shape index (κ1) is 17.3. The van der Waals surface area contributed by atoms with Crippen molar-refractivity contribution in [3.05, 3.63) is 29.8 Å². The molecule has 1 aromatic rings. The van der Waals surface area contributed by atoms with Crippen molar-refractivity contribution in [2.45, 2.75) is 57.6 Å². The van der Waals surface area contributed by atoms with Crippen LogP contribution in [-0.4, -0.2) is 29.6 Å². The minimum Gasteiger partial charge on any atom is -0.399 e. The number of aliphatic hydroxyl groups is 1. The van der Waals surface area contributed by atoms with Crippen LogP contribution in [0.5, 0.6) is 0 Å². The Morgan fingerprint density at radius 3 is 2.00 bits per heavy atom. The van der Waals surface area contributed by atoms with Crippen LogP contribution in [0.25, 0.3) is 0 Å². The van der Waals surface area contributed by atoms with Crippen molar-refractivity contribution < 1.29 is 27.6 Å². The fourth-order valence-corrected chi connectivity index (χ4v) is 2.13. The van der Waals surface area contributed by atoms with Crippen molar-refractivity contribution in [1.29, 1.82) is 0 Å². The highest BCUT2D eigenvalue weighted by atomic mass is 19.4. The molecule has 1 unspecified atom stereocenters. The van der Waals surface area contributed by atoms with E-state index in [-0.39, 0.29) is 5.56 Å². The fourth-order valence-electron chi connectivity index (χ4n) is 2.13. The molecule has 0 aromatic heterocycles. The highest BCUT2D eigenvalue weighted by Crippen LogP contribution is 2.39. The molecule has 1 N–H and O–H groups in total. The Balaban J connectivity index is 2.35. The number of alkyl halides is 3. The van der Waals surface area contributed by atoms with Crippen molar-refractivity contribution in [3.8, 4) is 0 Å². The fraction of sp³-hybridized carbons (Fsp3) is 0.600. The van der Waals surface area contributed by atoms with Gasteiger partial charge >= 0.3 is 13.3 Å². The van der Waals surface area contributed by atoms with E-state index < -0.39 is 30.1 Å². The van der Waals surface area contributed by atoms with E-state index in [2.05, 4.69) is 0 Å². The summed E-state index contributed by atoms with van der Waals surface area (Å²) in [4.78, 5) is 0. The molecule has 0 aliphatic carbocycles. The van der Waals surface area contributed by atoms with Crippen LogP contribution in [-0.2, 0) is 14.9 Å². The first-order chi connectivity index (χ1) is 9.78. The molecule has 1 aliphatic rings. The van der Waals surface area contributed by atoms with Gasteiger partial charge in [0.2, 0.25) is 0 Å². The van der Waals surface area contributed by atoms with Gasteiger partial charge in [-0.2, -0.15) is 13.2 Å². The topological polar surface area (TPSA) is 38.7 Å². The highest BCUT2D eigenvalue weighted by molar-refractivity contribution is 6.62. The molecule has 122 valence electrons. The summed E-state index contributed by atoms with van der Waals surface area (Å²) in [6.07, 6.45) is -4.76. The molecule has 2 rings (SSSR count). The minimum atomic E-state index is -4.76. The lowest BCUT2D eigenvalue weighted by Gasteiger charge is -2.32. The zero-order valence-electron chi connectivity index (χ0n) is 13.3. The van der Waals surface area contributed by atoms with Gasteiger partial charge in [0.15, 0.2) is 5.60 Å². The summed E-state index contributed by atoms with van der Waals surface area (Å²) in [6, 6.07) is 5.59. The predicted molar refractivity (Wildman–Crippen MR) is 77.8 cm³/mol. The van der Waals surface area contributed by atoms with E-state index in [0.717, 1.165) is 6.92 Å². The third-order valence-corrected chi connectivity index (χ3v) is 4.53. The lowest BCUT2D eigenvalue weighted by molar-refractivity contribution is -0.258. The number of halogens is 3. The van der Waals surface area contributed by atoms with Gasteiger partial charge in [-0.1, -0.05) is 24.3 Å². The average molecular weight is 316 g/mol. The molecule has 1 aromatic carbocycles. The summed E-state index contributed by atoms with van der Waals surface area (Å²) in [5, 5.41) is 9.79. The van der Waals surface area contributed by atoms with Gasteiger partial charge in [0.1, 0.15) is 0 Å². The van der Waals surface area contributed by atoms with Gasteiger partial charge in [0.05, 0.1) is 11.2 Å². The molecular formula is C15H20BF3O3. The Labute approximate surface area is 128 Å². The second kappa shape index (κ2) is 4.98. The maximum atomic E-state index is 13.0. The van der Waals surface area contributed by atoms with E-state index in [0.29, 0.717) is 5.46 Å². The van der Waals surface area contributed by atoms with Crippen molar-refractivity contribution >= 4 is 12.6 Å². The van der Waals surface area contributed by atoms with E-state index >= 15 is 0 Å². The molecule has 7 heteroatoms. The van der Waals surface area contributed by atoms with Crippen molar-refractivity contribution in [2.75, 3.05) is 0 Å². The summed E-state index contributed by atoms with van der Waals surface area (Å²) >= 11 is 0. The van der Waals surface area contributed by atoms with Crippen LogP contribution in [0.1, 0.15) is 40.2 Å². The van der Waals surface area contributed by atoms with Crippen molar-refractivity contribution in [3.63, 3.8) is 0 Å². The van der Waals surface area contributed by atoms with Crippen LogP contribution >= 0.6 is 0 Å². The SMILES string of the molecule is CC1(C)OB(c2cccc(C(C)(O)C(F)(F)F)c2)OC1(C)C. The molecular weight excluding hydrogens is 296 g/mol. The zero-order valence-corrected chi connectivity index (χ0v) is 13.3. The van der Waals surface area contributed by atoms with Crippen LogP contribution in [0.2, 0.25) is 0 Å². The molecule has 1 atom stereocenters. The maximum Gasteiger partial charge on any atom is 0.494 e. The van der Waals surface area contributed by atoms with Gasteiger partial charge in [-0.3, -0.25) is 0 Å². The molecule has 1 aliphatic heterocycles. The second-order valence-corrected chi connectivity index (χ2v) is 6.78. The minimum absolute atomic E-state index is 0.243. The van der Waals surface area contributed by atoms with Crippen LogP contribution in [0.4, 0.5) is 13.2 Å². The molecule has 0 bridgehead atoms. The van der Waals surface area contributed by atoms with Gasteiger partial charge in [0.25, 0.3) is 0 Å². The maximum absolute atomic E-state index is 13.0. The number of rotatable bonds is 2. The number of hydrogen-bond acceptors (Lipinski definition) is 3. The summed E-state index contributed by atoms with van der Waals surface area (Å²) in [5.74, 6) is 0. The number of benzene rings is 1. The molecule has 0 saturated carbocycles. The van der Waals surface area contributed by atoms with Crippen LogP contribution < -0.4 is 5.46 Å². The quantitative estimate of drug-likeness (QED) is 0.853.